The first-order chi connectivity index (χ1) is 18.9. The van der Waals surface area contributed by atoms with Crippen molar-refractivity contribution in [3.8, 4) is 11.7 Å². The fourth-order valence-electron chi connectivity index (χ4n) is 6.97. The minimum absolute atomic E-state index is 0.0378. The Morgan fingerprint density at radius 3 is 2.58 bits per heavy atom. The van der Waals surface area contributed by atoms with Crippen LogP contribution < -0.4 is 14.4 Å². The molecule has 0 aromatic carbocycles. The summed E-state index contributed by atoms with van der Waals surface area (Å²) in [6.45, 7) is 8.66. The number of sulfonamides is 1. The number of aryl methyl sites for hydroxylation is 2. The summed E-state index contributed by atoms with van der Waals surface area (Å²) in [7, 11) is -2.50. The quantitative estimate of drug-likeness (QED) is 0.459. The third-order valence-electron chi connectivity index (χ3n) is 8.66. The number of carbonyl (C=O) groups is 1. The van der Waals surface area contributed by atoms with Gasteiger partial charge in [0.2, 0.25) is 5.88 Å². The monoisotopic (exact) mass is 567 g/mol. The van der Waals surface area contributed by atoms with Gasteiger partial charge < -0.3 is 9.64 Å². The second-order valence-corrected chi connectivity index (χ2v) is 14.0. The molecular formula is C28H37N7O4S. The third kappa shape index (κ3) is 4.86. The first kappa shape index (κ1) is 26.8. The number of anilines is 1. The lowest BCUT2D eigenvalue weighted by molar-refractivity contribution is 0.0981. The van der Waals surface area contributed by atoms with Crippen LogP contribution in [0.1, 0.15) is 68.9 Å². The van der Waals surface area contributed by atoms with E-state index in [0.29, 0.717) is 41.6 Å². The number of nitrogens with zero attached hydrogens (tertiary/aromatic N) is 6. The Hall–Kier alpha value is -3.41. The number of nitrogens with one attached hydrogen (secondary N) is 1. The third-order valence-corrected chi connectivity index (χ3v) is 10.1. The van der Waals surface area contributed by atoms with E-state index in [2.05, 4.69) is 40.6 Å². The highest BCUT2D eigenvalue weighted by Gasteiger charge is 2.42. The summed E-state index contributed by atoms with van der Waals surface area (Å²) in [4.78, 5) is 20.4. The highest BCUT2D eigenvalue weighted by molar-refractivity contribution is 7.90. The van der Waals surface area contributed by atoms with Crippen molar-refractivity contribution < 1.29 is 17.9 Å². The zero-order valence-corrected chi connectivity index (χ0v) is 24.5. The van der Waals surface area contributed by atoms with Gasteiger partial charge in [-0.2, -0.15) is 5.10 Å². The average Bonchev–Trinajstić information content (AvgIpc) is 3.69. The van der Waals surface area contributed by atoms with E-state index in [1.807, 2.05) is 12.3 Å². The van der Waals surface area contributed by atoms with Crippen molar-refractivity contribution in [1.29, 1.82) is 0 Å². The van der Waals surface area contributed by atoms with E-state index in [1.54, 1.807) is 30.8 Å². The maximum absolute atomic E-state index is 13.5. The van der Waals surface area contributed by atoms with E-state index in [0.717, 1.165) is 18.8 Å². The van der Waals surface area contributed by atoms with Gasteiger partial charge in [0.1, 0.15) is 16.8 Å². The molecule has 2 saturated carbocycles. The Bertz CT molecular complexity index is 1560. The highest BCUT2D eigenvalue weighted by atomic mass is 32.2. The summed E-state index contributed by atoms with van der Waals surface area (Å²) in [5.74, 6) is 2.54. The zero-order chi connectivity index (χ0) is 28.4. The van der Waals surface area contributed by atoms with Gasteiger partial charge in [0.25, 0.3) is 15.9 Å². The molecule has 3 aromatic rings. The number of ether oxygens (including phenoxy) is 1. The van der Waals surface area contributed by atoms with Crippen LogP contribution in [0.3, 0.4) is 0 Å². The number of hydrogen-bond donors (Lipinski definition) is 1. The van der Waals surface area contributed by atoms with Crippen LogP contribution in [0.25, 0.3) is 5.82 Å². The van der Waals surface area contributed by atoms with Crippen molar-refractivity contribution in [3.63, 3.8) is 0 Å². The van der Waals surface area contributed by atoms with Crippen LogP contribution >= 0.6 is 0 Å². The number of rotatable bonds is 7. The van der Waals surface area contributed by atoms with E-state index in [1.165, 1.54) is 30.1 Å². The second-order valence-electron chi connectivity index (χ2n) is 12.4. The van der Waals surface area contributed by atoms with Crippen LogP contribution in [0.15, 0.2) is 35.5 Å². The molecule has 3 aromatic heterocycles. The number of fused-ring (bicyclic) bond motifs is 2. The normalized spacial score (nSPS) is 25.5. The van der Waals surface area contributed by atoms with Gasteiger partial charge in [0.05, 0.1) is 11.3 Å². The summed E-state index contributed by atoms with van der Waals surface area (Å²) in [6, 6.07) is 5.15. The van der Waals surface area contributed by atoms with Gasteiger partial charge in [0, 0.05) is 37.6 Å². The minimum Gasteiger partial charge on any atom is -0.473 e. The van der Waals surface area contributed by atoms with Crippen molar-refractivity contribution in [2.24, 2.45) is 24.8 Å². The van der Waals surface area contributed by atoms with Crippen molar-refractivity contribution in [3.05, 3.63) is 41.9 Å². The molecule has 0 radical (unpaired) electrons. The first-order valence-electron chi connectivity index (χ1n) is 14.0. The lowest BCUT2D eigenvalue weighted by atomic mass is 9.97. The largest absolute Gasteiger partial charge is 0.473 e. The Kier molecular flexibility index (Phi) is 6.43. The van der Waals surface area contributed by atoms with Crippen LogP contribution in [0, 0.1) is 24.7 Å². The smallest absolute Gasteiger partial charge is 0.268 e. The number of hydrogen-bond acceptors (Lipinski definition) is 8. The Morgan fingerprint density at radius 2 is 1.95 bits per heavy atom. The molecule has 11 nitrogen and oxygen atoms in total. The molecule has 1 N–H and O–H groups in total. The molecule has 1 amide bonds. The Balaban J connectivity index is 1.31. The molecular weight excluding hydrogens is 530 g/mol. The number of aromatic nitrogens is 5. The van der Waals surface area contributed by atoms with Gasteiger partial charge in [-0.15, -0.1) is 5.10 Å². The lowest BCUT2D eigenvalue weighted by Crippen LogP contribution is -2.41. The van der Waals surface area contributed by atoms with Gasteiger partial charge in [-0.05, 0) is 82.8 Å². The predicted molar refractivity (Wildman–Crippen MR) is 149 cm³/mol. The molecule has 6 rings (SSSR count). The molecule has 4 atom stereocenters. The van der Waals surface area contributed by atoms with Gasteiger partial charge in [-0.1, -0.05) is 6.92 Å². The minimum atomic E-state index is -4.13. The van der Waals surface area contributed by atoms with Gasteiger partial charge >= 0.3 is 0 Å². The van der Waals surface area contributed by atoms with Crippen LogP contribution in [-0.4, -0.2) is 57.1 Å². The maximum atomic E-state index is 13.5. The van der Waals surface area contributed by atoms with Crippen molar-refractivity contribution in [1.82, 2.24) is 29.3 Å². The molecule has 3 aliphatic rings. The molecule has 40 heavy (non-hydrogen) atoms. The number of pyridine rings is 1. The molecule has 0 spiro atoms. The molecule has 1 aliphatic heterocycles. The molecule has 1 saturated heterocycles. The van der Waals surface area contributed by atoms with E-state index < -0.39 is 15.9 Å². The van der Waals surface area contributed by atoms with Crippen LogP contribution in [-0.2, 0) is 17.1 Å². The number of carbonyl (C=O) groups excluding carboxylic acids is 1. The first-order valence-corrected chi connectivity index (χ1v) is 15.5. The average molecular weight is 568 g/mol. The van der Waals surface area contributed by atoms with Crippen LogP contribution in [0.2, 0.25) is 0 Å². The highest BCUT2D eigenvalue weighted by Crippen LogP contribution is 2.46. The summed E-state index contributed by atoms with van der Waals surface area (Å²) in [5.41, 5.74) is 0.216. The van der Waals surface area contributed by atoms with E-state index in [9.17, 15) is 13.2 Å². The van der Waals surface area contributed by atoms with Gasteiger partial charge in [-0.3, -0.25) is 9.48 Å². The molecule has 12 heteroatoms. The zero-order valence-electron chi connectivity index (χ0n) is 23.7. The van der Waals surface area contributed by atoms with Gasteiger partial charge in [-0.25, -0.2) is 22.8 Å². The van der Waals surface area contributed by atoms with E-state index >= 15 is 0 Å². The van der Waals surface area contributed by atoms with Crippen molar-refractivity contribution >= 4 is 21.7 Å². The molecule has 4 heterocycles. The van der Waals surface area contributed by atoms with E-state index in [4.69, 9.17) is 9.72 Å². The topological polar surface area (TPSA) is 124 Å². The van der Waals surface area contributed by atoms with Crippen molar-refractivity contribution in [2.75, 3.05) is 11.4 Å². The molecule has 3 fully saturated rings. The Labute approximate surface area is 235 Å². The molecule has 1 unspecified atom stereocenters. The summed E-state index contributed by atoms with van der Waals surface area (Å²) in [5, 5.41) is 8.74. The van der Waals surface area contributed by atoms with E-state index in [-0.39, 0.29) is 22.1 Å². The summed E-state index contributed by atoms with van der Waals surface area (Å²) in [6.07, 6.45) is 9.19. The number of amides is 1. The second kappa shape index (κ2) is 9.60. The molecule has 214 valence electrons. The summed E-state index contributed by atoms with van der Waals surface area (Å²) < 4.78 is 37.7. The molecule has 2 bridgehead atoms. The fourth-order valence-corrected chi connectivity index (χ4v) is 8.15. The predicted octanol–water partition coefficient (Wildman–Crippen LogP) is 3.62. The lowest BCUT2D eigenvalue weighted by Gasteiger charge is -2.34. The van der Waals surface area contributed by atoms with Crippen molar-refractivity contribution in [2.45, 2.75) is 76.3 Å². The Morgan fingerprint density at radius 1 is 1.15 bits per heavy atom. The summed E-state index contributed by atoms with van der Waals surface area (Å²) >= 11 is 0. The maximum Gasteiger partial charge on any atom is 0.268 e. The fraction of sp³-hybridized carbons (Fsp3) is 0.571. The SMILES string of the molecule is Cc1nn(C)cc1S(=O)(=O)NC(=O)c1ccc(-n2ccc(OC3C[C@H]4CC[C@H]3C4)n2)nc1N1C[C@@H](C)CC1(C)C. The van der Waals surface area contributed by atoms with Crippen LogP contribution in [0.4, 0.5) is 5.82 Å². The molecule has 2 aliphatic carbocycles. The van der Waals surface area contributed by atoms with Gasteiger partial charge in [0.15, 0.2) is 5.82 Å². The standard InChI is InChI=1S/C28H37N7O4S/c1-17-14-28(3,4)34(15-17)26-21(27(36)32-40(37,38)23-16-33(5)30-18(23)2)8-9-24(29-26)35-11-10-25(31-35)39-22-13-19-6-7-20(22)12-19/h8-11,16-17,19-20,22H,6-7,12-15H2,1-5H3,(H,32,36)/t17-,19-,20-,22?/m0/s1. The van der Waals surface area contributed by atoms with Crippen LogP contribution in [0.5, 0.6) is 5.88 Å².